The van der Waals surface area contributed by atoms with Gasteiger partial charge >= 0.3 is 355 Å². The van der Waals surface area contributed by atoms with Crippen molar-refractivity contribution in [1.82, 2.24) is 19.6 Å². The van der Waals surface area contributed by atoms with Crippen LogP contribution in [0.4, 0.5) is 0 Å². The van der Waals surface area contributed by atoms with Crippen molar-refractivity contribution in [2.24, 2.45) is 0 Å². The van der Waals surface area contributed by atoms with Gasteiger partial charge in [-0.1, -0.05) is 558 Å². The molecule has 0 aliphatic carbocycles. The van der Waals surface area contributed by atoms with Gasteiger partial charge in [0.1, 0.15) is 26.2 Å². The zero-order chi connectivity index (χ0) is 112. The molecule has 0 spiro atoms. The molecule has 0 heterocycles. The van der Waals surface area contributed by atoms with Crippen LogP contribution < -0.4 is 422 Å². The Morgan fingerprint density at radius 1 is 0.135 bits per heavy atom. The van der Waals surface area contributed by atoms with Crippen LogP contribution in [0.25, 0.3) is 46.5 Å². The van der Waals surface area contributed by atoms with Gasteiger partial charge in [0.15, 0.2) is 0 Å². The van der Waals surface area contributed by atoms with Crippen LogP contribution in [0, 0.1) is 0 Å². The summed E-state index contributed by atoms with van der Waals surface area (Å²) in [6, 6.07) is 0. The third kappa shape index (κ3) is 360. The largest absolute Gasteiger partial charge is 1.00 e. The van der Waals surface area contributed by atoms with Crippen LogP contribution in [0.3, 0.4) is 0 Å². The number of halogens is 2. The smallest absolute Gasteiger partial charge is 1.00 e. The average molecular weight is 2780 g/mol. The number of quaternary nitrogens is 4. The second-order valence-corrected chi connectivity index (χ2v) is 154. The van der Waals surface area contributed by atoms with E-state index in [-0.39, 0.29) is 403 Å². The maximum absolute atomic E-state index is 5.41. The van der Waals surface area contributed by atoms with Crippen molar-refractivity contribution in [1.29, 1.82) is 0 Å². The molecule has 0 radical (unpaired) electrons. The van der Waals surface area contributed by atoms with Crippen molar-refractivity contribution in [3.63, 3.8) is 0 Å². The van der Waals surface area contributed by atoms with Gasteiger partial charge in [-0.3, -0.25) is 0 Å². The van der Waals surface area contributed by atoms with Gasteiger partial charge in [0.25, 0.3) is 0 Å². The van der Waals surface area contributed by atoms with Gasteiger partial charge in [0.2, 0.25) is 0 Å². The van der Waals surface area contributed by atoms with Crippen LogP contribution in [-0.4, -0.2) is 402 Å². The molecule has 0 atom stereocenters. The Morgan fingerprint density at radius 3 is 0.236 bits per heavy atom. The second-order valence-electron chi connectivity index (χ2n) is 58.0. The molecule has 0 rings (SSSR count). The minimum absolute atomic E-state index is 0. The molecule has 148 heavy (non-hydrogen) atoms. The standard InChI is InChI=1S/4C8H20N2O.10C6H18NSi2.2HI.12Na/c4*1-9(2)5-7-11-8-6-10(3)4;10*1-8(2,3)7-9(4,5)6;;;;;;;;;;;;;;/h4*5-8H2,1-4H3;10*1-6H3;2*1H;;;;;;;;;;;;/q;;;;10*-1;;;12*+1/p+2. The summed E-state index contributed by atoms with van der Waals surface area (Å²) < 4.78 is 69.8. The number of hydrogen-bond acceptors (Lipinski definition) is 8. The van der Waals surface area contributed by atoms with Crippen LogP contribution in [-0.2, 0) is 18.9 Å². The van der Waals surface area contributed by atoms with Gasteiger partial charge in [-0.15, -0.1) is 0 Å². The molecule has 848 valence electrons. The van der Waals surface area contributed by atoms with Gasteiger partial charge in [-0.2, -0.15) is 0 Å². The summed E-state index contributed by atoms with van der Waals surface area (Å²) in [6.45, 7) is 153. The molecule has 0 saturated carbocycles. The molecule has 0 bridgehead atoms. The van der Waals surface area contributed by atoms with E-state index in [2.05, 4.69) is 525 Å². The number of rotatable bonds is 44. The van der Waals surface area contributed by atoms with E-state index >= 15 is 0 Å². The number of hydrogen-bond donors (Lipinski definition) is 4. The van der Waals surface area contributed by atoms with Crippen molar-refractivity contribution in [3.05, 3.63) is 46.5 Å². The quantitative estimate of drug-likeness (QED) is 0.0261. The van der Waals surface area contributed by atoms with Gasteiger partial charge in [-0.05, 0) is 56.4 Å². The van der Waals surface area contributed by atoms with E-state index in [1.54, 1.807) is 0 Å². The second kappa shape index (κ2) is 119. The molecule has 0 aromatic carbocycles. The minimum Gasteiger partial charge on any atom is -1.00 e. The zero-order valence-corrected chi connectivity index (χ0v) is 168. The van der Waals surface area contributed by atoms with Crippen LogP contribution >= 0.6 is 0 Å². The Kier molecular flexibility index (Phi) is 191. The summed E-state index contributed by atoms with van der Waals surface area (Å²) >= 11 is 0. The average Bonchev–Trinajstić information content (AvgIpc) is 0.965. The summed E-state index contributed by atoms with van der Waals surface area (Å²) in [7, 11) is 11.4. The molecule has 0 fully saturated rings. The fraction of sp³-hybridized carbons (Fsp3) is 1.00. The summed E-state index contributed by atoms with van der Waals surface area (Å²) in [5, 5.41) is 0. The predicted octanol–water partition coefficient (Wildman–Crippen LogP) is -16.8. The molecular weight excluding hydrogens is 2510 g/mol. The maximum Gasteiger partial charge on any atom is 1.00 e. The Hall–Kier alpha value is 16.9. The summed E-state index contributed by atoms with van der Waals surface area (Å²) in [5.74, 6) is 0. The van der Waals surface area contributed by atoms with Crippen LogP contribution in [0.1, 0.15) is 0 Å². The maximum atomic E-state index is 5.41. The summed E-state index contributed by atoms with van der Waals surface area (Å²) in [6.07, 6.45) is 0. The fourth-order valence-corrected chi connectivity index (χ4v) is 93.1. The van der Waals surface area contributed by atoms with Gasteiger partial charge in [0.05, 0.1) is 109 Å². The van der Waals surface area contributed by atoms with E-state index < -0.39 is 165 Å². The number of ether oxygens (including phenoxy) is 4. The number of likely N-dealkylation sites (N-methyl/N-ethyl adjacent to an activating group) is 8. The van der Waals surface area contributed by atoms with Gasteiger partial charge in [-0.25, -0.2) is 0 Å². The Balaban J connectivity index is -0.0000000400. The molecule has 0 aliphatic rings. The van der Waals surface area contributed by atoms with E-state index in [9.17, 15) is 0 Å². The van der Waals surface area contributed by atoms with Crippen LogP contribution in [0.5, 0.6) is 0 Å². The van der Waals surface area contributed by atoms with E-state index in [0.717, 1.165) is 105 Å². The molecule has 22 nitrogen and oxygen atoms in total. The first kappa shape index (κ1) is 236. The molecular formula is C92H264I2N18Na12O4Si20+4. The zero-order valence-electron chi connectivity index (χ0n) is 120. The monoisotopic (exact) mass is 2780 g/mol. The van der Waals surface area contributed by atoms with Crippen LogP contribution in [0.2, 0.25) is 393 Å². The molecule has 56 heteroatoms. The Morgan fingerprint density at radius 2 is 0.196 bits per heavy atom. The third-order valence-corrected chi connectivity index (χ3v) is 66.1. The van der Waals surface area contributed by atoms with Crippen molar-refractivity contribution in [2.75, 3.05) is 218 Å². The van der Waals surface area contributed by atoms with E-state index in [4.69, 9.17) is 65.4 Å². The molecule has 0 aromatic heterocycles. The van der Waals surface area contributed by atoms with Crippen LogP contribution in [0.15, 0.2) is 0 Å². The van der Waals surface area contributed by atoms with E-state index in [1.165, 1.54) is 19.6 Å². The molecule has 0 unspecified atom stereocenters. The van der Waals surface area contributed by atoms with Crippen molar-refractivity contribution in [3.8, 4) is 0 Å². The summed E-state index contributed by atoms with van der Waals surface area (Å²) in [4.78, 5) is 14.3. The minimum atomic E-state index is -1.11. The molecule has 0 aromatic rings. The predicted molar refractivity (Wildman–Crippen MR) is 689 cm³/mol. The normalized spacial score (nSPS) is 11.9. The molecule has 0 amide bonds. The number of nitrogens with zero attached hydrogens (tertiary/aromatic N) is 14. The molecule has 0 saturated heterocycles. The Bertz CT molecular complexity index is 1960. The van der Waals surface area contributed by atoms with Crippen molar-refractivity contribution < 1.29 is 441 Å². The number of nitrogens with one attached hydrogen (secondary N) is 4. The molecule has 4 N–H and O–H groups in total. The van der Waals surface area contributed by atoms with Crippen molar-refractivity contribution in [2.45, 2.75) is 393 Å². The Labute approximate surface area is 1260 Å². The fourth-order valence-electron chi connectivity index (χ4n) is 12.6. The van der Waals surface area contributed by atoms with Gasteiger partial charge in [0, 0.05) is 26.2 Å². The van der Waals surface area contributed by atoms with Gasteiger partial charge < -0.3 is 153 Å². The first-order chi connectivity index (χ1) is 57.6. The van der Waals surface area contributed by atoms with Crippen molar-refractivity contribution >= 4 is 165 Å². The first-order valence-corrected chi connectivity index (χ1v) is 120. The van der Waals surface area contributed by atoms with E-state index in [0.29, 0.717) is 0 Å². The van der Waals surface area contributed by atoms with E-state index in [1.807, 2.05) is 0 Å². The molecule has 0 aliphatic heterocycles. The third-order valence-electron chi connectivity index (χ3n) is 12.4. The topological polar surface area (TPSA) is 209 Å². The SMILES string of the molecule is CN(C)CCOCCN(C)C.CN(C)CCOCCN(C)C.C[NH+](C)CCOCC[NH+](C)C.C[NH+](C)CCOCC[NH+](C)C.C[Si](C)(C)[N-][Si](C)(C)C.C[Si](C)(C)[N-][Si](C)(C)C.C[Si](C)(C)[N-][Si](C)(C)C.C[Si](C)(C)[N-][Si](C)(C)C.C[Si](C)(C)[N-][Si](C)(C)C.C[Si](C)(C)[N-][Si](C)(C)C.C[Si](C)(C)[N-][Si](C)(C)C.C[Si](C)(C)[N-][Si](C)(C)C.C[Si](C)(C)[N-][Si](C)(C)C.C[Si](C)(C)[N-][Si](C)(C)C.[I-].[I-].[Na+].[Na+].[Na+].[Na+].[Na+].[Na+].[Na+].[Na+].[Na+].[Na+].[Na+].[Na+]. The first-order valence-electron chi connectivity index (χ1n) is 51.0. The summed E-state index contributed by atoms with van der Waals surface area (Å²) in [5.41, 5.74) is 0.